The first-order chi connectivity index (χ1) is 14.1. The van der Waals surface area contributed by atoms with Crippen LogP contribution in [0.3, 0.4) is 0 Å². The number of aromatic nitrogens is 2. The highest BCUT2D eigenvalue weighted by molar-refractivity contribution is 5.94. The zero-order chi connectivity index (χ0) is 20.2. The molecule has 1 aromatic heterocycles. The van der Waals surface area contributed by atoms with E-state index in [-0.39, 0.29) is 11.8 Å². The van der Waals surface area contributed by atoms with E-state index in [9.17, 15) is 4.79 Å². The van der Waals surface area contributed by atoms with Crippen molar-refractivity contribution < 1.29 is 9.32 Å². The Labute approximate surface area is 171 Å². The first-order valence-corrected chi connectivity index (χ1v) is 10.1. The summed E-state index contributed by atoms with van der Waals surface area (Å²) in [6.07, 6.45) is 1.68. The normalized spacial score (nSPS) is 15.4. The Bertz CT molecular complexity index is 962. The van der Waals surface area contributed by atoms with Gasteiger partial charge in [0.1, 0.15) is 0 Å². The molecule has 1 aliphatic heterocycles. The quantitative estimate of drug-likeness (QED) is 0.661. The molecule has 3 aromatic rings. The molecule has 0 radical (unpaired) electrons. The molecule has 2 aromatic carbocycles. The van der Waals surface area contributed by atoms with Crippen molar-refractivity contribution in [3.05, 3.63) is 66.1 Å². The van der Waals surface area contributed by atoms with Gasteiger partial charge in [-0.05, 0) is 50.6 Å². The van der Waals surface area contributed by atoms with Gasteiger partial charge in [0.15, 0.2) is 0 Å². The number of para-hydroxylation sites is 1. The molecule has 4 rings (SSSR count). The molecule has 0 aliphatic carbocycles. The molecule has 1 fully saturated rings. The summed E-state index contributed by atoms with van der Waals surface area (Å²) < 4.78 is 5.47. The van der Waals surface area contributed by atoms with Crippen LogP contribution < -0.4 is 4.90 Å². The number of nitrogens with zero attached hydrogens (tertiary/aromatic N) is 4. The summed E-state index contributed by atoms with van der Waals surface area (Å²) in [5.74, 6) is 1.50. The largest absolute Gasteiger partial charge is 0.338 e. The zero-order valence-electron chi connectivity index (χ0n) is 16.9. The Kier molecular flexibility index (Phi) is 5.71. The molecule has 0 saturated carbocycles. The van der Waals surface area contributed by atoms with Gasteiger partial charge in [-0.25, -0.2) is 0 Å². The molecule has 0 bridgehead atoms. The molecule has 29 heavy (non-hydrogen) atoms. The second-order valence-corrected chi connectivity index (χ2v) is 7.61. The summed E-state index contributed by atoms with van der Waals surface area (Å²) >= 11 is 0. The Hall–Kier alpha value is -2.99. The fraction of sp³-hybridized carbons (Fsp3) is 0.348. The monoisotopic (exact) mass is 390 g/mol. The van der Waals surface area contributed by atoms with Crippen LogP contribution in [0.1, 0.15) is 24.3 Å². The van der Waals surface area contributed by atoms with Gasteiger partial charge in [-0.2, -0.15) is 4.98 Å². The number of likely N-dealkylation sites (tertiary alicyclic amines) is 1. The van der Waals surface area contributed by atoms with Crippen LogP contribution in [0.4, 0.5) is 5.69 Å². The summed E-state index contributed by atoms with van der Waals surface area (Å²) in [5, 5.41) is 4.14. The molecule has 6 nitrogen and oxygen atoms in total. The summed E-state index contributed by atoms with van der Waals surface area (Å²) in [6.45, 7) is 4.36. The van der Waals surface area contributed by atoms with Crippen LogP contribution in [-0.2, 0) is 11.3 Å². The summed E-state index contributed by atoms with van der Waals surface area (Å²) in [4.78, 5) is 21.4. The Morgan fingerprint density at radius 1 is 1.10 bits per heavy atom. The fourth-order valence-corrected chi connectivity index (χ4v) is 3.83. The minimum atomic E-state index is 0.0571. The van der Waals surface area contributed by atoms with Crippen LogP contribution in [0, 0.1) is 12.8 Å². The second-order valence-electron chi connectivity index (χ2n) is 7.61. The van der Waals surface area contributed by atoms with Gasteiger partial charge in [0.2, 0.25) is 17.6 Å². The maximum Gasteiger partial charge on any atom is 0.241 e. The number of aryl methyl sites for hydroxylation is 1. The Morgan fingerprint density at radius 2 is 1.79 bits per heavy atom. The van der Waals surface area contributed by atoms with E-state index in [0.717, 1.165) is 42.7 Å². The highest BCUT2D eigenvalue weighted by atomic mass is 16.5. The number of hydrogen-bond donors (Lipinski definition) is 0. The van der Waals surface area contributed by atoms with Gasteiger partial charge in [-0.3, -0.25) is 9.69 Å². The Balaban J connectivity index is 1.33. The predicted molar refractivity (Wildman–Crippen MR) is 112 cm³/mol. The molecule has 2 heterocycles. The summed E-state index contributed by atoms with van der Waals surface area (Å²) in [6, 6.07) is 17.8. The minimum Gasteiger partial charge on any atom is -0.338 e. The molecule has 1 amide bonds. The molecule has 1 aliphatic rings. The minimum absolute atomic E-state index is 0.0571. The molecule has 1 saturated heterocycles. The van der Waals surface area contributed by atoms with E-state index >= 15 is 0 Å². The fourth-order valence-electron chi connectivity index (χ4n) is 3.83. The van der Waals surface area contributed by atoms with Gasteiger partial charge >= 0.3 is 0 Å². The number of rotatable bonds is 5. The van der Waals surface area contributed by atoms with Gasteiger partial charge < -0.3 is 9.42 Å². The first-order valence-electron chi connectivity index (χ1n) is 10.1. The molecular weight excluding hydrogens is 364 g/mol. The predicted octanol–water partition coefficient (Wildman–Crippen LogP) is 3.92. The standard InChI is InChI=1S/C23H26N4O2/c1-17-8-6-7-11-20(17)22-24-21(29-25-22)16-27-14-12-18(13-15-27)23(28)26(2)19-9-4-3-5-10-19/h3-11,18H,12-16H2,1-2H3. The first kappa shape index (κ1) is 19.3. The maximum atomic E-state index is 12.8. The third-order valence-electron chi connectivity index (χ3n) is 5.62. The summed E-state index contributed by atoms with van der Waals surface area (Å²) in [5.41, 5.74) is 3.06. The van der Waals surface area contributed by atoms with Gasteiger partial charge in [0, 0.05) is 24.2 Å². The highest BCUT2D eigenvalue weighted by Crippen LogP contribution is 2.24. The molecule has 0 unspecified atom stereocenters. The van der Waals surface area contributed by atoms with Gasteiger partial charge in [-0.1, -0.05) is 47.6 Å². The highest BCUT2D eigenvalue weighted by Gasteiger charge is 2.28. The molecular formula is C23H26N4O2. The number of benzene rings is 2. The van der Waals surface area contributed by atoms with E-state index in [4.69, 9.17) is 4.52 Å². The number of carbonyl (C=O) groups is 1. The van der Waals surface area contributed by atoms with E-state index in [1.807, 2.05) is 68.6 Å². The third-order valence-corrected chi connectivity index (χ3v) is 5.62. The van der Waals surface area contributed by atoms with E-state index < -0.39 is 0 Å². The molecule has 0 atom stereocenters. The van der Waals surface area contributed by atoms with Crippen LogP contribution >= 0.6 is 0 Å². The van der Waals surface area contributed by atoms with Crippen LogP contribution in [0.15, 0.2) is 59.1 Å². The lowest BCUT2D eigenvalue weighted by Gasteiger charge is -2.32. The van der Waals surface area contributed by atoms with E-state index in [2.05, 4.69) is 15.0 Å². The van der Waals surface area contributed by atoms with E-state index in [1.54, 1.807) is 4.90 Å². The lowest BCUT2D eigenvalue weighted by Crippen LogP contribution is -2.41. The number of anilines is 1. The van der Waals surface area contributed by atoms with Gasteiger partial charge in [-0.15, -0.1) is 0 Å². The van der Waals surface area contributed by atoms with Crippen molar-refractivity contribution in [3.63, 3.8) is 0 Å². The van der Waals surface area contributed by atoms with Gasteiger partial charge in [0.25, 0.3) is 0 Å². The van der Waals surface area contributed by atoms with Crippen molar-refractivity contribution >= 4 is 11.6 Å². The van der Waals surface area contributed by atoms with E-state index in [1.165, 1.54) is 0 Å². The lowest BCUT2D eigenvalue weighted by molar-refractivity contribution is -0.123. The van der Waals surface area contributed by atoms with Crippen LogP contribution in [0.2, 0.25) is 0 Å². The topological polar surface area (TPSA) is 62.5 Å². The molecule has 0 N–H and O–H groups in total. The smallest absolute Gasteiger partial charge is 0.241 e. The number of hydrogen-bond acceptors (Lipinski definition) is 5. The van der Waals surface area contributed by atoms with Crippen LogP contribution in [0.25, 0.3) is 11.4 Å². The number of carbonyl (C=O) groups excluding carboxylic acids is 1. The SMILES string of the molecule is Cc1ccccc1-c1noc(CN2CCC(C(=O)N(C)c3ccccc3)CC2)n1. The summed E-state index contributed by atoms with van der Waals surface area (Å²) in [7, 11) is 1.86. The van der Waals surface area contributed by atoms with Crippen LogP contribution in [0.5, 0.6) is 0 Å². The number of piperidine rings is 1. The van der Waals surface area contributed by atoms with Crippen molar-refractivity contribution in [2.75, 3.05) is 25.0 Å². The van der Waals surface area contributed by atoms with Crippen molar-refractivity contribution in [2.24, 2.45) is 5.92 Å². The molecule has 150 valence electrons. The van der Waals surface area contributed by atoms with Crippen molar-refractivity contribution in [1.29, 1.82) is 0 Å². The second kappa shape index (κ2) is 8.57. The third kappa shape index (κ3) is 4.38. The number of amides is 1. The van der Waals surface area contributed by atoms with Crippen molar-refractivity contribution in [2.45, 2.75) is 26.3 Å². The molecule has 0 spiro atoms. The molecule has 6 heteroatoms. The average molecular weight is 390 g/mol. The van der Waals surface area contributed by atoms with Crippen LogP contribution in [-0.4, -0.2) is 41.1 Å². The average Bonchev–Trinajstić information content (AvgIpc) is 3.22. The zero-order valence-corrected chi connectivity index (χ0v) is 16.9. The van der Waals surface area contributed by atoms with Crippen molar-refractivity contribution in [1.82, 2.24) is 15.0 Å². The Morgan fingerprint density at radius 3 is 2.52 bits per heavy atom. The van der Waals surface area contributed by atoms with Gasteiger partial charge in [0.05, 0.1) is 6.54 Å². The lowest BCUT2D eigenvalue weighted by atomic mass is 9.95. The maximum absolute atomic E-state index is 12.8. The van der Waals surface area contributed by atoms with Crippen molar-refractivity contribution in [3.8, 4) is 11.4 Å². The van der Waals surface area contributed by atoms with E-state index in [0.29, 0.717) is 18.3 Å².